The van der Waals surface area contributed by atoms with Crippen molar-refractivity contribution in [1.29, 1.82) is 0 Å². The summed E-state index contributed by atoms with van der Waals surface area (Å²) < 4.78 is 5.32. The number of phenolic OH excluding ortho intramolecular Hbond substituents is 3. The molecule has 3 aromatic rings. The molecule has 0 saturated heterocycles. The molecule has 3 rings (SSSR count). The molecule has 6 nitrogen and oxygen atoms in total. The van der Waals surface area contributed by atoms with Crippen molar-refractivity contribution in [3.8, 4) is 28.4 Å². The number of aromatic hydroxyl groups is 3. The second kappa shape index (κ2) is 4.45. The van der Waals surface area contributed by atoms with E-state index in [1.807, 2.05) is 0 Å². The van der Waals surface area contributed by atoms with Crippen LogP contribution in [0.3, 0.4) is 0 Å². The molecule has 106 valence electrons. The van der Waals surface area contributed by atoms with Gasteiger partial charge in [-0.3, -0.25) is 4.79 Å². The molecular weight excluding hydrogens is 274 g/mol. The highest BCUT2D eigenvalue weighted by molar-refractivity contribution is 6.11. The SMILES string of the molecule is NC(=O)c1cc(O)cc2occ(-c3cc(O)cc(O)c3)c12. The van der Waals surface area contributed by atoms with E-state index in [0.717, 1.165) is 0 Å². The summed E-state index contributed by atoms with van der Waals surface area (Å²) in [6.45, 7) is 0. The smallest absolute Gasteiger partial charge is 0.249 e. The van der Waals surface area contributed by atoms with E-state index in [9.17, 15) is 20.1 Å². The van der Waals surface area contributed by atoms with Crippen LogP contribution in [0.15, 0.2) is 41.0 Å². The molecule has 6 heteroatoms. The highest BCUT2D eigenvalue weighted by Crippen LogP contribution is 2.37. The van der Waals surface area contributed by atoms with E-state index in [4.69, 9.17) is 10.2 Å². The molecule has 0 spiro atoms. The van der Waals surface area contributed by atoms with Gasteiger partial charge in [-0.15, -0.1) is 0 Å². The molecule has 0 aliphatic carbocycles. The van der Waals surface area contributed by atoms with Gasteiger partial charge in [-0.2, -0.15) is 0 Å². The van der Waals surface area contributed by atoms with E-state index in [-0.39, 0.29) is 28.4 Å². The number of rotatable bonds is 2. The number of benzene rings is 2. The van der Waals surface area contributed by atoms with Crippen molar-refractivity contribution >= 4 is 16.9 Å². The largest absolute Gasteiger partial charge is 0.508 e. The van der Waals surface area contributed by atoms with Crippen LogP contribution in [-0.4, -0.2) is 21.2 Å². The number of primary amides is 1. The van der Waals surface area contributed by atoms with Crippen LogP contribution in [0.2, 0.25) is 0 Å². The van der Waals surface area contributed by atoms with E-state index in [1.54, 1.807) is 0 Å². The number of fused-ring (bicyclic) bond motifs is 1. The number of nitrogens with two attached hydrogens (primary N) is 1. The van der Waals surface area contributed by atoms with Gasteiger partial charge in [-0.05, 0) is 23.8 Å². The maximum atomic E-state index is 11.6. The maximum Gasteiger partial charge on any atom is 0.249 e. The normalized spacial score (nSPS) is 10.9. The van der Waals surface area contributed by atoms with Gasteiger partial charge in [0, 0.05) is 23.1 Å². The number of carbonyl (C=O) groups excluding carboxylic acids is 1. The fraction of sp³-hybridized carbons (Fsp3) is 0. The summed E-state index contributed by atoms with van der Waals surface area (Å²) in [5, 5.41) is 29.1. The Morgan fingerprint density at radius 1 is 0.952 bits per heavy atom. The molecule has 0 fully saturated rings. The molecule has 2 aromatic carbocycles. The van der Waals surface area contributed by atoms with Crippen LogP contribution in [0, 0.1) is 0 Å². The number of hydrogen-bond acceptors (Lipinski definition) is 5. The minimum absolute atomic E-state index is 0.0941. The first kappa shape index (κ1) is 12.9. The van der Waals surface area contributed by atoms with Crippen LogP contribution in [-0.2, 0) is 0 Å². The first-order chi connectivity index (χ1) is 9.95. The van der Waals surface area contributed by atoms with Crippen molar-refractivity contribution < 1.29 is 24.5 Å². The Morgan fingerprint density at radius 3 is 2.19 bits per heavy atom. The van der Waals surface area contributed by atoms with E-state index in [0.29, 0.717) is 16.5 Å². The van der Waals surface area contributed by atoms with Crippen molar-refractivity contribution in [2.24, 2.45) is 5.73 Å². The number of amides is 1. The van der Waals surface area contributed by atoms with E-state index < -0.39 is 5.91 Å². The second-order valence-electron chi connectivity index (χ2n) is 4.62. The van der Waals surface area contributed by atoms with Crippen molar-refractivity contribution in [3.63, 3.8) is 0 Å². The lowest BCUT2D eigenvalue weighted by Gasteiger charge is -2.05. The highest BCUT2D eigenvalue weighted by atomic mass is 16.3. The number of carbonyl (C=O) groups is 1. The molecule has 1 heterocycles. The summed E-state index contributed by atoms with van der Waals surface area (Å²) in [7, 11) is 0. The molecule has 5 N–H and O–H groups in total. The number of phenols is 3. The van der Waals surface area contributed by atoms with Crippen molar-refractivity contribution in [1.82, 2.24) is 0 Å². The van der Waals surface area contributed by atoms with Crippen LogP contribution >= 0.6 is 0 Å². The Morgan fingerprint density at radius 2 is 1.57 bits per heavy atom. The van der Waals surface area contributed by atoms with Gasteiger partial charge in [0.15, 0.2) is 0 Å². The summed E-state index contributed by atoms with van der Waals surface area (Å²) >= 11 is 0. The molecule has 0 unspecified atom stereocenters. The third kappa shape index (κ3) is 2.12. The van der Waals surface area contributed by atoms with Crippen LogP contribution in [0.25, 0.3) is 22.1 Å². The van der Waals surface area contributed by atoms with Crippen LogP contribution in [0.5, 0.6) is 17.2 Å². The molecule has 0 bridgehead atoms. The Balaban J connectivity index is 2.36. The number of hydrogen-bond donors (Lipinski definition) is 4. The van der Waals surface area contributed by atoms with E-state index in [1.165, 1.54) is 36.6 Å². The highest BCUT2D eigenvalue weighted by Gasteiger charge is 2.17. The van der Waals surface area contributed by atoms with E-state index >= 15 is 0 Å². The minimum Gasteiger partial charge on any atom is -0.508 e. The Bertz CT molecular complexity index is 846. The van der Waals surface area contributed by atoms with Gasteiger partial charge in [0.2, 0.25) is 5.91 Å². The van der Waals surface area contributed by atoms with Crippen molar-refractivity contribution in [2.45, 2.75) is 0 Å². The Labute approximate surface area is 118 Å². The predicted molar refractivity (Wildman–Crippen MR) is 75.2 cm³/mol. The number of furan rings is 1. The zero-order valence-electron chi connectivity index (χ0n) is 10.7. The molecule has 21 heavy (non-hydrogen) atoms. The zero-order valence-corrected chi connectivity index (χ0v) is 10.7. The average molecular weight is 285 g/mol. The molecule has 0 saturated carbocycles. The Kier molecular flexibility index (Phi) is 2.72. The molecule has 1 amide bonds. The third-order valence-corrected chi connectivity index (χ3v) is 3.14. The van der Waals surface area contributed by atoms with Crippen LogP contribution in [0.1, 0.15) is 10.4 Å². The third-order valence-electron chi connectivity index (χ3n) is 3.14. The lowest BCUT2D eigenvalue weighted by molar-refractivity contribution is 0.100. The van der Waals surface area contributed by atoms with Crippen molar-refractivity contribution in [2.75, 3.05) is 0 Å². The topological polar surface area (TPSA) is 117 Å². The fourth-order valence-corrected chi connectivity index (χ4v) is 2.31. The van der Waals surface area contributed by atoms with E-state index in [2.05, 4.69) is 0 Å². The average Bonchev–Trinajstić information content (AvgIpc) is 2.79. The zero-order chi connectivity index (χ0) is 15.1. The summed E-state index contributed by atoms with van der Waals surface area (Å²) in [6.07, 6.45) is 1.37. The van der Waals surface area contributed by atoms with Gasteiger partial charge in [-0.25, -0.2) is 0 Å². The second-order valence-corrected chi connectivity index (χ2v) is 4.62. The molecule has 1 aromatic heterocycles. The monoisotopic (exact) mass is 285 g/mol. The van der Waals surface area contributed by atoms with Gasteiger partial charge in [0.25, 0.3) is 0 Å². The summed E-state index contributed by atoms with van der Waals surface area (Å²) in [6, 6.07) is 6.62. The summed E-state index contributed by atoms with van der Waals surface area (Å²) in [4.78, 5) is 11.6. The molecule has 0 radical (unpaired) electrons. The first-order valence-corrected chi connectivity index (χ1v) is 6.03. The fourth-order valence-electron chi connectivity index (χ4n) is 2.31. The van der Waals surface area contributed by atoms with Gasteiger partial charge in [0.05, 0.1) is 11.8 Å². The lowest BCUT2D eigenvalue weighted by Crippen LogP contribution is -2.11. The minimum atomic E-state index is -0.720. The Hall–Kier alpha value is -3.15. The van der Waals surface area contributed by atoms with Crippen molar-refractivity contribution in [3.05, 3.63) is 42.2 Å². The quantitative estimate of drug-likeness (QED) is 0.576. The van der Waals surface area contributed by atoms with Gasteiger partial charge in [0.1, 0.15) is 22.8 Å². The van der Waals surface area contributed by atoms with Gasteiger partial charge >= 0.3 is 0 Å². The molecular formula is C15H11NO5. The molecule has 0 atom stereocenters. The van der Waals surface area contributed by atoms with Crippen LogP contribution in [0.4, 0.5) is 0 Å². The molecule has 0 aliphatic rings. The molecule has 0 aliphatic heterocycles. The lowest BCUT2D eigenvalue weighted by atomic mass is 9.99. The maximum absolute atomic E-state index is 11.6. The summed E-state index contributed by atoms with van der Waals surface area (Å²) in [5.74, 6) is -1.11. The summed E-state index contributed by atoms with van der Waals surface area (Å²) in [5.41, 5.74) is 6.63. The van der Waals surface area contributed by atoms with Crippen LogP contribution < -0.4 is 5.73 Å². The standard InChI is InChI=1S/C15H11NO5/c16-15(20)11-4-10(19)5-13-14(11)12(6-21-13)7-1-8(17)3-9(18)2-7/h1-6,17-19H,(H2,16,20). The first-order valence-electron chi connectivity index (χ1n) is 6.03. The van der Waals surface area contributed by atoms with Gasteiger partial charge in [-0.1, -0.05) is 0 Å². The predicted octanol–water partition coefficient (Wildman–Crippen LogP) is 2.32. The van der Waals surface area contributed by atoms with Gasteiger partial charge < -0.3 is 25.5 Å².